The van der Waals surface area contributed by atoms with E-state index in [1.165, 1.54) is 6.42 Å². The van der Waals surface area contributed by atoms with Crippen LogP contribution in [-0.2, 0) is 23.7 Å². The van der Waals surface area contributed by atoms with Crippen LogP contribution in [0.1, 0.15) is 136 Å². The predicted molar refractivity (Wildman–Crippen MR) is 253 cm³/mol. The van der Waals surface area contributed by atoms with Crippen molar-refractivity contribution in [3.05, 3.63) is 85.1 Å². The number of allylic oxidation sites excluding steroid dienone is 13. The van der Waals surface area contributed by atoms with Gasteiger partial charge < -0.3 is 65.1 Å². The highest BCUT2D eigenvalue weighted by Gasteiger charge is 2.51. The number of aliphatic hydroxyl groups excluding tert-OH is 8. The fraction of sp³-hybridized carbons (Fsp3) is 0.706. The standard InChI is InChI=1S/C51H85NO13/c1-3-5-7-9-11-13-14-15-16-17-18-19-20-21-22-23-24-25-26-27-29-31-33-35-43(56)52-39(40(55)34-32-30-28-12-10-8-6-4-2)38-62-50-48(61)46(59)49(42(37-54)64-50)65-51-47(60)45(58)44(57)41(36-53)63-51/h5,7,10-13,15-16,18-19,21-22,32,34,39-42,44-51,53-55,57-61H,3-4,6,8-9,14,17,20,23-31,33,35-38H2,1-2H3,(H,52,56)/b7-5-,12-10+,13-11-,16-15-,19-18-,22-21-,34-32+. The van der Waals surface area contributed by atoms with Gasteiger partial charge in [-0.25, -0.2) is 0 Å². The van der Waals surface area contributed by atoms with Crippen LogP contribution in [-0.4, -0.2) is 140 Å². The largest absolute Gasteiger partial charge is 0.394 e. The van der Waals surface area contributed by atoms with Crippen molar-refractivity contribution in [1.82, 2.24) is 5.32 Å². The lowest BCUT2D eigenvalue weighted by Crippen LogP contribution is -2.65. The predicted octanol–water partition coefficient (Wildman–Crippen LogP) is 5.82. The molecule has 2 heterocycles. The van der Waals surface area contributed by atoms with Crippen molar-refractivity contribution >= 4 is 5.91 Å². The van der Waals surface area contributed by atoms with Gasteiger partial charge in [0.15, 0.2) is 12.6 Å². The van der Waals surface area contributed by atoms with Gasteiger partial charge in [0.2, 0.25) is 5.91 Å². The van der Waals surface area contributed by atoms with Gasteiger partial charge in [-0.3, -0.25) is 4.79 Å². The third kappa shape index (κ3) is 24.7. The van der Waals surface area contributed by atoms with Crippen LogP contribution in [0.15, 0.2) is 85.1 Å². The van der Waals surface area contributed by atoms with E-state index in [0.717, 1.165) is 96.3 Å². The Hall–Kier alpha value is -2.83. The Morgan fingerprint density at radius 3 is 1.69 bits per heavy atom. The summed E-state index contributed by atoms with van der Waals surface area (Å²) in [5.74, 6) is -0.270. The van der Waals surface area contributed by atoms with E-state index in [1.54, 1.807) is 6.08 Å². The monoisotopic (exact) mass is 920 g/mol. The highest BCUT2D eigenvalue weighted by Crippen LogP contribution is 2.30. The first-order valence-corrected chi connectivity index (χ1v) is 24.3. The van der Waals surface area contributed by atoms with E-state index in [2.05, 4.69) is 92.1 Å². The third-order valence-electron chi connectivity index (χ3n) is 11.3. The van der Waals surface area contributed by atoms with Gasteiger partial charge in [0.1, 0.15) is 48.8 Å². The van der Waals surface area contributed by atoms with E-state index in [1.807, 2.05) is 6.08 Å². The van der Waals surface area contributed by atoms with Crippen LogP contribution in [0.3, 0.4) is 0 Å². The summed E-state index contributed by atoms with van der Waals surface area (Å²) in [6.45, 7) is 2.53. The van der Waals surface area contributed by atoms with Crippen molar-refractivity contribution in [2.45, 2.75) is 209 Å². The molecular formula is C51H85NO13. The molecule has 9 N–H and O–H groups in total. The molecule has 0 aromatic rings. The molecule has 1 amide bonds. The minimum atomic E-state index is -1.79. The molecule has 2 aliphatic rings. The Morgan fingerprint density at radius 1 is 0.569 bits per heavy atom. The average molecular weight is 920 g/mol. The fourth-order valence-corrected chi connectivity index (χ4v) is 7.32. The van der Waals surface area contributed by atoms with Crippen LogP contribution < -0.4 is 5.32 Å². The quantitative estimate of drug-likeness (QED) is 0.0270. The summed E-state index contributed by atoms with van der Waals surface area (Å²) in [5, 5.41) is 86.4. The number of hydrogen-bond donors (Lipinski definition) is 9. The van der Waals surface area contributed by atoms with Crippen LogP contribution in [0, 0.1) is 0 Å². The van der Waals surface area contributed by atoms with E-state index in [9.17, 15) is 45.6 Å². The molecule has 65 heavy (non-hydrogen) atoms. The summed E-state index contributed by atoms with van der Waals surface area (Å²) < 4.78 is 22.6. The maximum Gasteiger partial charge on any atom is 0.220 e. The summed E-state index contributed by atoms with van der Waals surface area (Å²) in [7, 11) is 0. The van der Waals surface area contributed by atoms with Gasteiger partial charge in [-0.1, -0.05) is 144 Å². The molecule has 12 atom stereocenters. The Balaban J connectivity index is 1.78. The molecule has 0 saturated carbocycles. The van der Waals surface area contributed by atoms with Gasteiger partial charge in [0.05, 0.1) is 32.0 Å². The molecule has 2 rings (SSSR count). The summed E-state index contributed by atoms with van der Waals surface area (Å²) in [5.41, 5.74) is 0. The maximum atomic E-state index is 13.1. The summed E-state index contributed by atoms with van der Waals surface area (Å²) >= 11 is 0. The number of rotatable bonds is 35. The van der Waals surface area contributed by atoms with Crippen molar-refractivity contribution < 1.29 is 64.6 Å². The van der Waals surface area contributed by atoms with E-state index < -0.39 is 86.8 Å². The van der Waals surface area contributed by atoms with Gasteiger partial charge in [-0.05, 0) is 70.6 Å². The lowest BCUT2D eigenvalue weighted by atomic mass is 9.97. The van der Waals surface area contributed by atoms with Crippen molar-refractivity contribution in [2.24, 2.45) is 0 Å². The molecule has 0 aliphatic carbocycles. The molecule has 2 fully saturated rings. The first-order valence-electron chi connectivity index (χ1n) is 24.3. The second kappa shape index (κ2) is 37.2. The van der Waals surface area contributed by atoms with Crippen molar-refractivity contribution in [3.63, 3.8) is 0 Å². The molecule has 372 valence electrons. The second-order valence-electron chi connectivity index (χ2n) is 16.8. The molecule has 12 unspecified atom stereocenters. The van der Waals surface area contributed by atoms with Crippen LogP contribution in [0.25, 0.3) is 0 Å². The smallest absolute Gasteiger partial charge is 0.220 e. The number of ether oxygens (including phenoxy) is 4. The molecule has 14 heteroatoms. The molecule has 0 bridgehead atoms. The normalized spacial score (nSPS) is 27.8. The molecular weight excluding hydrogens is 835 g/mol. The van der Waals surface area contributed by atoms with Crippen molar-refractivity contribution in [3.8, 4) is 0 Å². The van der Waals surface area contributed by atoms with Crippen LogP contribution >= 0.6 is 0 Å². The zero-order valence-corrected chi connectivity index (χ0v) is 39.2. The van der Waals surface area contributed by atoms with Crippen LogP contribution in [0.4, 0.5) is 0 Å². The minimum Gasteiger partial charge on any atom is -0.394 e. The summed E-state index contributed by atoms with van der Waals surface area (Å²) in [6.07, 6.45) is 30.8. The molecule has 2 saturated heterocycles. The molecule has 0 aromatic heterocycles. The minimum absolute atomic E-state index is 0.254. The average Bonchev–Trinajstić information content (AvgIpc) is 3.30. The van der Waals surface area contributed by atoms with Crippen LogP contribution in [0.2, 0.25) is 0 Å². The van der Waals surface area contributed by atoms with Crippen molar-refractivity contribution in [1.29, 1.82) is 0 Å². The Labute approximate surface area is 389 Å². The summed E-state index contributed by atoms with van der Waals surface area (Å²) in [4.78, 5) is 13.1. The second-order valence-corrected chi connectivity index (χ2v) is 16.8. The topological polar surface area (TPSA) is 228 Å². The van der Waals surface area contributed by atoms with Gasteiger partial charge in [0.25, 0.3) is 0 Å². The molecule has 0 aromatic carbocycles. The highest BCUT2D eigenvalue weighted by atomic mass is 16.7. The molecule has 2 aliphatic heterocycles. The number of carbonyl (C=O) groups is 1. The maximum absolute atomic E-state index is 13.1. The fourth-order valence-electron chi connectivity index (χ4n) is 7.32. The Morgan fingerprint density at radius 2 is 1.08 bits per heavy atom. The first-order chi connectivity index (χ1) is 31.6. The third-order valence-corrected chi connectivity index (χ3v) is 11.3. The Kier molecular flexibility index (Phi) is 33.4. The van der Waals surface area contributed by atoms with Gasteiger partial charge in [0, 0.05) is 6.42 Å². The van der Waals surface area contributed by atoms with E-state index in [4.69, 9.17) is 18.9 Å². The SMILES string of the molecule is CC/C=C\C/C=C\C/C=C\C/C=C\C/C=C\CCCCCCCCCC(=O)NC(COC1OC(CO)C(OC2OC(CO)C(O)C(O)C2O)C(O)C1O)C(O)/C=C/CC/C=C/CCCC. The zero-order valence-electron chi connectivity index (χ0n) is 39.2. The first kappa shape index (κ1) is 58.3. The highest BCUT2D eigenvalue weighted by molar-refractivity contribution is 5.76. The van der Waals surface area contributed by atoms with Crippen molar-refractivity contribution in [2.75, 3.05) is 19.8 Å². The van der Waals surface area contributed by atoms with Gasteiger partial charge in [-0.2, -0.15) is 0 Å². The lowest BCUT2D eigenvalue weighted by Gasteiger charge is -2.46. The van der Waals surface area contributed by atoms with Gasteiger partial charge in [-0.15, -0.1) is 0 Å². The number of aliphatic hydroxyl groups is 8. The lowest BCUT2D eigenvalue weighted by molar-refractivity contribution is -0.359. The Bertz CT molecular complexity index is 1410. The zero-order chi connectivity index (χ0) is 47.5. The molecule has 14 nitrogen and oxygen atoms in total. The number of hydrogen-bond acceptors (Lipinski definition) is 13. The number of amides is 1. The van der Waals surface area contributed by atoms with Gasteiger partial charge >= 0.3 is 0 Å². The number of nitrogens with one attached hydrogen (secondary N) is 1. The van der Waals surface area contributed by atoms with E-state index in [-0.39, 0.29) is 18.9 Å². The van der Waals surface area contributed by atoms with E-state index in [0.29, 0.717) is 12.8 Å². The summed E-state index contributed by atoms with van der Waals surface area (Å²) in [6, 6.07) is -0.939. The van der Waals surface area contributed by atoms with E-state index >= 15 is 0 Å². The number of carbonyl (C=O) groups excluding carboxylic acids is 1. The molecule has 0 spiro atoms. The van der Waals surface area contributed by atoms with Crippen LogP contribution in [0.5, 0.6) is 0 Å². The number of unbranched alkanes of at least 4 members (excludes halogenated alkanes) is 10. The molecule has 0 radical (unpaired) electrons.